The number of hydrogen-bond donors (Lipinski definition) is 1. The van der Waals surface area contributed by atoms with E-state index in [9.17, 15) is 4.79 Å². The van der Waals surface area contributed by atoms with E-state index in [4.69, 9.17) is 10.5 Å². The van der Waals surface area contributed by atoms with Crippen LogP contribution < -0.4 is 5.73 Å². The first-order valence-electron chi connectivity index (χ1n) is 6.60. The number of carbonyl (C=O) groups excluding carboxylic acids is 1. The summed E-state index contributed by atoms with van der Waals surface area (Å²) in [4.78, 5) is 15.0. The van der Waals surface area contributed by atoms with Crippen LogP contribution in [0.15, 0.2) is 67.0 Å². The minimum Gasteiger partial charge on any atom is -0.439 e. The van der Waals surface area contributed by atoms with E-state index in [-0.39, 0.29) is 5.97 Å². The quantitative estimate of drug-likeness (QED) is 0.642. The van der Waals surface area contributed by atoms with Crippen molar-refractivity contribution >= 4 is 16.7 Å². The Kier molecular flexibility index (Phi) is 3.62. The molecule has 0 spiro atoms. The standard InChI is InChI=1S/C9H7N.C8H7NO2/c1-2-4-9-7-10-6-5-8(9)3-1;9-7-5-3-1-2-4-6(5)8(10)11-7/h1-7H;1-4,7H,9H2. The fourth-order valence-corrected chi connectivity index (χ4v) is 2.20. The molecule has 1 aliphatic rings. The van der Waals surface area contributed by atoms with Gasteiger partial charge in [0.25, 0.3) is 0 Å². The van der Waals surface area contributed by atoms with Crippen molar-refractivity contribution < 1.29 is 9.53 Å². The number of pyridine rings is 1. The van der Waals surface area contributed by atoms with Gasteiger partial charge in [0.15, 0.2) is 6.23 Å². The van der Waals surface area contributed by atoms with Crippen LogP contribution in [-0.2, 0) is 4.74 Å². The highest BCUT2D eigenvalue weighted by atomic mass is 16.6. The van der Waals surface area contributed by atoms with Crippen LogP contribution >= 0.6 is 0 Å². The molecule has 0 saturated carbocycles. The molecule has 4 heteroatoms. The molecule has 0 radical (unpaired) electrons. The molecular weight excluding hydrogens is 264 g/mol. The van der Waals surface area contributed by atoms with Crippen LogP contribution in [0.4, 0.5) is 0 Å². The molecule has 2 N–H and O–H groups in total. The number of nitrogens with two attached hydrogens (primary N) is 1. The Hall–Kier alpha value is -2.72. The summed E-state index contributed by atoms with van der Waals surface area (Å²) < 4.78 is 4.77. The topological polar surface area (TPSA) is 65.2 Å². The van der Waals surface area contributed by atoms with Crippen molar-refractivity contribution in [2.45, 2.75) is 6.23 Å². The van der Waals surface area contributed by atoms with Gasteiger partial charge in [-0.3, -0.25) is 10.7 Å². The minimum absolute atomic E-state index is 0.326. The van der Waals surface area contributed by atoms with Gasteiger partial charge in [0.05, 0.1) is 5.56 Å². The maximum atomic E-state index is 11.0. The van der Waals surface area contributed by atoms with E-state index in [1.54, 1.807) is 18.2 Å². The van der Waals surface area contributed by atoms with Crippen LogP contribution in [0.1, 0.15) is 22.1 Å². The molecule has 104 valence electrons. The predicted octanol–water partition coefficient (Wildman–Crippen LogP) is 3.05. The Morgan fingerprint density at radius 3 is 2.43 bits per heavy atom. The molecule has 21 heavy (non-hydrogen) atoms. The highest BCUT2D eigenvalue weighted by molar-refractivity contribution is 5.93. The van der Waals surface area contributed by atoms with E-state index in [2.05, 4.69) is 17.1 Å². The lowest BCUT2D eigenvalue weighted by Gasteiger charge is -2.00. The van der Waals surface area contributed by atoms with Gasteiger partial charge in [0.1, 0.15) is 0 Å². The van der Waals surface area contributed by atoms with Gasteiger partial charge in [-0.25, -0.2) is 4.79 Å². The average Bonchev–Trinajstić information content (AvgIpc) is 2.83. The van der Waals surface area contributed by atoms with Crippen LogP contribution in [0.3, 0.4) is 0 Å². The summed E-state index contributed by atoms with van der Waals surface area (Å²) in [5, 5.41) is 2.45. The monoisotopic (exact) mass is 278 g/mol. The van der Waals surface area contributed by atoms with Crippen molar-refractivity contribution in [2.24, 2.45) is 5.73 Å². The van der Waals surface area contributed by atoms with Crippen molar-refractivity contribution in [1.29, 1.82) is 0 Å². The summed E-state index contributed by atoms with van der Waals surface area (Å²) in [6.07, 6.45) is 3.11. The molecular formula is C17H14N2O2. The van der Waals surface area contributed by atoms with E-state index >= 15 is 0 Å². The lowest BCUT2D eigenvalue weighted by atomic mass is 10.1. The number of rotatable bonds is 0. The van der Waals surface area contributed by atoms with Crippen LogP contribution in [0, 0.1) is 0 Å². The summed E-state index contributed by atoms with van der Waals surface area (Å²) in [5.74, 6) is -0.326. The highest BCUT2D eigenvalue weighted by Crippen LogP contribution is 2.25. The Morgan fingerprint density at radius 1 is 0.952 bits per heavy atom. The second-order valence-corrected chi connectivity index (χ2v) is 4.64. The van der Waals surface area contributed by atoms with E-state index < -0.39 is 6.23 Å². The summed E-state index contributed by atoms with van der Waals surface area (Å²) in [6, 6.07) is 17.3. The molecule has 1 unspecified atom stereocenters. The maximum absolute atomic E-state index is 11.0. The summed E-state index contributed by atoms with van der Waals surface area (Å²) in [6.45, 7) is 0. The maximum Gasteiger partial charge on any atom is 0.340 e. The lowest BCUT2D eigenvalue weighted by molar-refractivity contribution is 0.0399. The van der Waals surface area contributed by atoms with Gasteiger partial charge in [0, 0.05) is 18.0 Å². The van der Waals surface area contributed by atoms with Gasteiger partial charge in [-0.1, -0.05) is 42.5 Å². The van der Waals surface area contributed by atoms with Crippen molar-refractivity contribution in [3.63, 3.8) is 0 Å². The Labute approximate surface area is 122 Å². The molecule has 0 fully saturated rings. The molecule has 0 amide bonds. The molecule has 1 atom stereocenters. The Bertz CT molecular complexity index is 721. The number of ether oxygens (including phenoxy) is 1. The molecule has 4 rings (SSSR count). The van der Waals surface area contributed by atoms with Crippen LogP contribution in [0.25, 0.3) is 10.8 Å². The first kappa shape index (κ1) is 13.3. The number of hydrogen-bond acceptors (Lipinski definition) is 4. The van der Waals surface area contributed by atoms with Crippen molar-refractivity contribution in [1.82, 2.24) is 4.98 Å². The fraction of sp³-hybridized carbons (Fsp3) is 0.0588. The highest BCUT2D eigenvalue weighted by Gasteiger charge is 2.26. The number of nitrogens with zero attached hydrogens (tertiary/aromatic N) is 1. The fourth-order valence-electron chi connectivity index (χ4n) is 2.20. The van der Waals surface area contributed by atoms with Crippen LogP contribution in [0.2, 0.25) is 0 Å². The lowest BCUT2D eigenvalue weighted by Crippen LogP contribution is -2.08. The summed E-state index contributed by atoms with van der Waals surface area (Å²) in [5.41, 5.74) is 6.85. The van der Waals surface area contributed by atoms with Gasteiger partial charge in [-0.2, -0.15) is 0 Å². The zero-order valence-corrected chi connectivity index (χ0v) is 11.3. The zero-order valence-electron chi connectivity index (χ0n) is 11.3. The molecule has 2 heterocycles. The molecule has 0 aliphatic carbocycles. The SMILES string of the molecule is NC1OC(=O)c2ccccc21.c1ccc2cnccc2c1. The Morgan fingerprint density at radius 2 is 1.67 bits per heavy atom. The van der Waals surface area contributed by atoms with E-state index in [0.717, 1.165) is 5.56 Å². The third-order valence-corrected chi connectivity index (χ3v) is 3.27. The Balaban J connectivity index is 0.000000126. The predicted molar refractivity (Wildman–Crippen MR) is 80.5 cm³/mol. The van der Waals surface area contributed by atoms with Gasteiger partial charge in [-0.15, -0.1) is 0 Å². The molecule has 3 aromatic rings. The molecule has 2 aromatic carbocycles. The van der Waals surface area contributed by atoms with Crippen molar-refractivity contribution in [2.75, 3.05) is 0 Å². The van der Waals surface area contributed by atoms with Crippen LogP contribution in [0.5, 0.6) is 0 Å². The van der Waals surface area contributed by atoms with Crippen LogP contribution in [-0.4, -0.2) is 11.0 Å². The van der Waals surface area contributed by atoms with Gasteiger partial charge in [-0.05, 0) is 22.9 Å². The van der Waals surface area contributed by atoms with Gasteiger partial charge >= 0.3 is 5.97 Å². The van der Waals surface area contributed by atoms with Crippen molar-refractivity contribution in [3.8, 4) is 0 Å². The number of carbonyl (C=O) groups is 1. The molecule has 4 nitrogen and oxygen atoms in total. The van der Waals surface area contributed by atoms with Gasteiger partial charge < -0.3 is 4.74 Å². The molecule has 0 bridgehead atoms. The first-order chi connectivity index (χ1) is 10.3. The second kappa shape index (κ2) is 5.73. The van der Waals surface area contributed by atoms with E-state index in [0.29, 0.717) is 5.56 Å². The summed E-state index contributed by atoms with van der Waals surface area (Å²) >= 11 is 0. The zero-order chi connectivity index (χ0) is 14.7. The number of cyclic esters (lactones) is 1. The largest absolute Gasteiger partial charge is 0.439 e. The number of aromatic nitrogens is 1. The molecule has 0 saturated heterocycles. The third-order valence-electron chi connectivity index (χ3n) is 3.27. The average molecular weight is 278 g/mol. The first-order valence-corrected chi connectivity index (χ1v) is 6.60. The number of esters is 1. The van der Waals surface area contributed by atoms with Crippen molar-refractivity contribution in [3.05, 3.63) is 78.1 Å². The summed E-state index contributed by atoms with van der Waals surface area (Å²) in [7, 11) is 0. The van der Waals surface area contributed by atoms with E-state index in [1.807, 2.05) is 36.7 Å². The third kappa shape index (κ3) is 2.75. The molecule has 1 aromatic heterocycles. The number of fused-ring (bicyclic) bond motifs is 2. The molecule has 1 aliphatic heterocycles. The minimum atomic E-state index is -0.571. The second-order valence-electron chi connectivity index (χ2n) is 4.64. The normalized spacial score (nSPS) is 15.9. The smallest absolute Gasteiger partial charge is 0.340 e. The van der Waals surface area contributed by atoms with E-state index in [1.165, 1.54) is 10.8 Å². The number of benzene rings is 2. The van der Waals surface area contributed by atoms with Gasteiger partial charge in [0.2, 0.25) is 0 Å².